The second-order valence-corrected chi connectivity index (χ2v) is 7.64. The third-order valence-corrected chi connectivity index (χ3v) is 5.48. The monoisotopic (exact) mass is 409 g/mol. The van der Waals surface area contributed by atoms with Gasteiger partial charge in [0.2, 0.25) is 5.95 Å². The number of benzene rings is 2. The quantitative estimate of drug-likeness (QED) is 0.379. The van der Waals surface area contributed by atoms with Crippen molar-refractivity contribution < 1.29 is 18.5 Å². The van der Waals surface area contributed by atoms with E-state index in [1.807, 2.05) is 0 Å². The van der Waals surface area contributed by atoms with Crippen molar-refractivity contribution in [2.45, 2.75) is 4.90 Å². The number of carbonyl (C=O) groups excluding carboxylic acids is 1. The van der Waals surface area contributed by atoms with Gasteiger partial charge in [0.25, 0.3) is 0 Å². The maximum absolute atomic E-state index is 14.0. The van der Waals surface area contributed by atoms with Crippen LogP contribution in [0.3, 0.4) is 0 Å². The highest BCUT2D eigenvalue weighted by Crippen LogP contribution is 2.29. The Labute approximate surface area is 169 Å². The van der Waals surface area contributed by atoms with Crippen LogP contribution in [0.4, 0.5) is 4.39 Å². The number of esters is 1. The molecule has 146 valence electrons. The molecular formula is C21H16FN3O3S. The molecule has 0 aliphatic carbocycles. The number of hydrogen-bond donors (Lipinski definition) is 0. The van der Waals surface area contributed by atoms with Crippen molar-refractivity contribution in [3.05, 3.63) is 72.4 Å². The lowest BCUT2D eigenvalue weighted by atomic mass is 10.1. The molecule has 2 aromatic heterocycles. The molecule has 0 amide bonds. The highest BCUT2D eigenvalue weighted by molar-refractivity contribution is 7.91. The van der Waals surface area contributed by atoms with E-state index >= 15 is 0 Å². The van der Waals surface area contributed by atoms with Crippen molar-refractivity contribution in [3.8, 4) is 17.1 Å². The van der Waals surface area contributed by atoms with Crippen molar-refractivity contribution in [3.63, 3.8) is 0 Å². The van der Waals surface area contributed by atoms with Crippen molar-refractivity contribution in [2.24, 2.45) is 0 Å². The van der Waals surface area contributed by atoms with E-state index < -0.39 is 17.1 Å². The smallest absolute Gasteiger partial charge is 0.337 e. The minimum Gasteiger partial charge on any atom is -0.612 e. The summed E-state index contributed by atoms with van der Waals surface area (Å²) in [5.41, 5.74) is 1.92. The fraction of sp³-hybridized carbons (Fsp3) is 0.0952. The van der Waals surface area contributed by atoms with Crippen LogP contribution in [0, 0.1) is 5.82 Å². The Kier molecular flexibility index (Phi) is 5.04. The van der Waals surface area contributed by atoms with E-state index in [0.717, 1.165) is 5.39 Å². The van der Waals surface area contributed by atoms with Gasteiger partial charge < -0.3 is 9.29 Å². The van der Waals surface area contributed by atoms with Crippen LogP contribution >= 0.6 is 0 Å². The van der Waals surface area contributed by atoms with Crippen LogP contribution in [0.25, 0.3) is 28.0 Å². The zero-order valence-electron chi connectivity index (χ0n) is 15.6. The third-order valence-electron chi connectivity index (χ3n) is 4.54. The molecule has 1 unspecified atom stereocenters. The molecule has 0 spiro atoms. The Morgan fingerprint density at radius 1 is 1.17 bits per heavy atom. The van der Waals surface area contributed by atoms with Crippen LogP contribution in [0.5, 0.6) is 0 Å². The van der Waals surface area contributed by atoms with Gasteiger partial charge in [0.15, 0.2) is 4.90 Å². The maximum atomic E-state index is 14.0. The summed E-state index contributed by atoms with van der Waals surface area (Å²) in [5, 5.41) is 0.722. The van der Waals surface area contributed by atoms with E-state index in [1.165, 1.54) is 25.6 Å². The Bertz CT molecular complexity index is 1210. The van der Waals surface area contributed by atoms with Gasteiger partial charge >= 0.3 is 5.97 Å². The average molecular weight is 409 g/mol. The molecule has 0 saturated carbocycles. The third kappa shape index (κ3) is 3.48. The maximum Gasteiger partial charge on any atom is 0.337 e. The van der Waals surface area contributed by atoms with E-state index in [2.05, 4.69) is 9.97 Å². The van der Waals surface area contributed by atoms with Crippen LogP contribution in [-0.2, 0) is 15.9 Å². The standard InChI is InChI=1S/C21H16FN3O3S/c1-28-20(26)13-7-8-16-18(9-13)25(12-19(16)29(2)27)21-23-10-14(11-24-21)15-5-3-4-6-17(15)22/h3-12H,1-2H3. The van der Waals surface area contributed by atoms with Crippen LogP contribution in [-0.4, -0.2) is 38.4 Å². The molecule has 2 heterocycles. The van der Waals surface area contributed by atoms with E-state index in [1.54, 1.807) is 53.4 Å². The zero-order valence-corrected chi connectivity index (χ0v) is 16.4. The fourth-order valence-electron chi connectivity index (χ4n) is 3.12. The van der Waals surface area contributed by atoms with E-state index in [0.29, 0.717) is 33.1 Å². The van der Waals surface area contributed by atoms with E-state index in [-0.39, 0.29) is 5.82 Å². The zero-order chi connectivity index (χ0) is 20.5. The van der Waals surface area contributed by atoms with E-state index in [9.17, 15) is 13.7 Å². The Hall–Kier alpha value is -3.23. The molecule has 0 saturated heterocycles. The minimum atomic E-state index is -1.25. The molecule has 0 aliphatic rings. The van der Waals surface area contributed by atoms with Crippen molar-refractivity contribution >= 4 is 28.0 Å². The summed E-state index contributed by atoms with van der Waals surface area (Å²) < 4.78 is 32.6. The second-order valence-electron chi connectivity index (χ2n) is 6.29. The van der Waals surface area contributed by atoms with Crippen molar-refractivity contribution in [2.75, 3.05) is 13.4 Å². The number of hydrogen-bond acceptors (Lipinski definition) is 5. The molecule has 29 heavy (non-hydrogen) atoms. The molecule has 0 fully saturated rings. The number of fused-ring (bicyclic) bond motifs is 1. The van der Waals surface area contributed by atoms with Gasteiger partial charge in [-0.05, 0) is 35.4 Å². The molecule has 0 radical (unpaired) electrons. The van der Waals surface area contributed by atoms with Crippen molar-refractivity contribution in [1.82, 2.24) is 14.5 Å². The number of rotatable bonds is 4. The van der Waals surface area contributed by atoms with Gasteiger partial charge in [-0.2, -0.15) is 0 Å². The minimum absolute atomic E-state index is 0.314. The number of ether oxygens (including phenoxy) is 1. The van der Waals surface area contributed by atoms with Gasteiger partial charge in [0, 0.05) is 23.5 Å². The molecule has 0 bridgehead atoms. The van der Waals surface area contributed by atoms with Gasteiger partial charge in [-0.25, -0.2) is 19.2 Å². The Balaban J connectivity index is 1.84. The highest BCUT2D eigenvalue weighted by Gasteiger charge is 2.20. The summed E-state index contributed by atoms with van der Waals surface area (Å²) in [6, 6.07) is 11.4. The number of halogens is 1. The molecule has 1 atom stereocenters. The SMILES string of the molecule is COC(=O)c1ccc2c([S+](C)[O-])cn(-c3ncc(-c4ccccc4F)cn3)c2c1. The summed E-state index contributed by atoms with van der Waals surface area (Å²) in [5.74, 6) is -0.523. The first-order chi connectivity index (χ1) is 14.0. The van der Waals surface area contributed by atoms with Crippen LogP contribution in [0.15, 0.2) is 66.0 Å². The van der Waals surface area contributed by atoms with Gasteiger partial charge in [-0.3, -0.25) is 4.57 Å². The average Bonchev–Trinajstić information content (AvgIpc) is 3.13. The number of carbonyl (C=O) groups is 1. The number of nitrogens with zero attached hydrogens (tertiary/aromatic N) is 3. The predicted octanol–water partition coefficient (Wildman–Crippen LogP) is 3.75. The van der Waals surface area contributed by atoms with Gasteiger partial charge in [-0.15, -0.1) is 0 Å². The summed E-state index contributed by atoms with van der Waals surface area (Å²) in [6.45, 7) is 0. The Morgan fingerprint density at radius 3 is 2.55 bits per heavy atom. The summed E-state index contributed by atoms with van der Waals surface area (Å²) in [6.07, 6.45) is 6.31. The first-order valence-electron chi connectivity index (χ1n) is 8.63. The first-order valence-corrected chi connectivity index (χ1v) is 10.2. The van der Waals surface area contributed by atoms with Gasteiger partial charge in [0.1, 0.15) is 12.1 Å². The highest BCUT2D eigenvalue weighted by atomic mass is 32.2. The van der Waals surface area contributed by atoms with Gasteiger partial charge in [-0.1, -0.05) is 18.2 Å². The van der Waals surface area contributed by atoms with E-state index in [4.69, 9.17) is 4.74 Å². The molecule has 6 nitrogen and oxygen atoms in total. The summed E-state index contributed by atoms with van der Waals surface area (Å²) >= 11 is -1.25. The first kappa shape index (κ1) is 19.1. The summed E-state index contributed by atoms with van der Waals surface area (Å²) in [4.78, 5) is 21.2. The second kappa shape index (κ2) is 7.65. The number of aromatic nitrogens is 3. The van der Waals surface area contributed by atoms with Crippen LogP contribution in [0.2, 0.25) is 0 Å². The lowest BCUT2D eigenvalue weighted by molar-refractivity contribution is 0.0601. The molecule has 4 rings (SSSR count). The van der Waals surface area contributed by atoms with Gasteiger partial charge in [0.05, 0.1) is 29.8 Å². The molecular weight excluding hydrogens is 393 g/mol. The topological polar surface area (TPSA) is 80.1 Å². The normalized spacial score (nSPS) is 12.1. The van der Waals surface area contributed by atoms with Crippen molar-refractivity contribution in [1.29, 1.82) is 0 Å². The molecule has 0 aliphatic heterocycles. The molecule has 2 aromatic carbocycles. The fourth-order valence-corrected chi connectivity index (χ4v) is 3.85. The molecule has 4 aromatic rings. The molecule has 0 N–H and O–H groups in total. The molecule has 8 heteroatoms. The predicted molar refractivity (Wildman–Crippen MR) is 108 cm³/mol. The number of methoxy groups -OCH3 is 1. The lowest BCUT2D eigenvalue weighted by Crippen LogP contribution is -2.03. The largest absolute Gasteiger partial charge is 0.612 e. The van der Waals surface area contributed by atoms with Crippen LogP contribution < -0.4 is 0 Å². The Morgan fingerprint density at radius 2 is 1.90 bits per heavy atom. The lowest BCUT2D eigenvalue weighted by Gasteiger charge is -2.06. The van der Waals surface area contributed by atoms with Crippen LogP contribution in [0.1, 0.15) is 10.4 Å². The summed E-state index contributed by atoms with van der Waals surface area (Å²) in [7, 11) is 1.31.